The third-order valence-electron chi connectivity index (χ3n) is 2.42. The molecule has 8 nitrogen and oxygen atoms in total. The van der Waals surface area contributed by atoms with E-state index in [-0.39, 0.29) is 10.5 Å². The number of rotatable bonds is 6. The molecule has 118 valence electrons. The molecule has 0 N–H and O–H groups in total. The molecule has 1 rings (SSSR count). The minimum absolute atomic E-state index is 0.0131. The van der Waals surface area contributed by atoms with E-state index < -0.39 is 17.0 Å². The molecule has 1 atom stereocenters. The zero-order chi connectivity index (χ0) is 16.7. The minimum atomic E-state index is -2.16. The molecule has 0 aliphatic heterocycles. The Kier molecular flexibility index (Phi) is 6.43. The van der Waals surface area contributed by atoms with Crippen molar-refractivity contribution in [2.75, 3.05) is 19.2 Å². The van der Waals surface area contributed by atoms with Crippen LogP contribution in [0.5, 0.6) is 0 Å². The molecule has 1 aromatic carbocycles. The average Bonchev–Trinajstić information content (AvgIpc) is 2.50. The smallest absolute Gasteiger partial charge is 0.339 e. The molecule has 0 aromatic heterocycles. The number of carbonyl (C=O) groups excluding carboxylic acids is 2. The summed E-state index contributed by atoms with van der Waals surface area (Å²) in [5.41, 5.74) is 1.41. The average molecular weight is 325 g/mol. The van der Waals surface area contributed by atoms with Gasteiger partial charge in [0.25, 0.3) is 17.2 Å². The SMILES string of the molecule is COC(=O)c1ccc(N(C)N=C(C)C)cc1S(=O)ON=C=O. The molecule has 0 spiro atoms. The Morgan fingerprint density at radius 1 is 1.36 bits per heavy atom. The van der Waals surface area contributed by atoms with Crippen LogP contribution in [0, 0.1) is 0 Å². The summed E-state index contributed by atoms with van der Waals surface area (Å²) in [4.78, 5) is 21.8. The number of hydrazone groups is 1. The summed E-state index contributed by atoms with van der Waals surface area (Å²) in [6.45, 7) is 3.64. The summed E-state index contributed by atoms with van der Waals surface area (Å²) in [7, 11) is 2.89. The lowest BCUT2D eigenvalue weighted by Gasteiger charge is -2.15. The summed E-state index contributed by atoms with van der Waals surface area (Å²) in [6, 6.07) is 4.48. The first kappa shape index (κ1) is 17.5. The van der Waals surface area contributed by atoms with E-state index in [0.29, 0.717) is 5.69 Å². The second kappa shape index (κ2) is 8.06. The summed E-state index contributed by atoms with van der Waals surface area (Å²) in [5.74, 6) is -0.689. The van der Waals surface area contributed by atoms with E-state index in [0.717, 1.165) is 11.8 Å². The molecular formula is C13H15N3O5S. The molecule has 0 radical (unpaired) electrons. The normalized spacial score (nSPS) is 10.9. The summed E-state index contributed by atoms with van der Waals surface area (Å²) in [6.07, 6.45) is 1.11. The van der Waals surface area contributed by atoms with Gasteiger partial charge in [0, 0.05) is 17.9 Å². The third kappa shape index (κ3) is 4.51. The molecule has 9 heteroatoms. The zero-order valence-electron chi connectivity index (χ0n) is 12.5. The molecule has 1 aromatic rings. The molecular weight excluding hydrogens is 310 g/mol. The summed E-state index contributed by atoms with van der Waals surface area (Å²) >= 11 is -2.16. The van der Waals surface area contributed by atoms with Gasteiger partial charge in [-0.2, -0.15) is 5.10 Å². The van der Waals surface area contributed by atoms with Crippen LogP contribution in [0.2, 0.25) is 0 Å². The summed E-state index contributed by atoms with van der Waals surface area (Å²) in [5, 5.41) is 8.55. The molecule has 0 saturated heterocycles. The maximum absolute atomic E-state index is 12.0. The van der Waals surface area contributed by atoms with Gasteiger partial charge in [-0.1, -0.05) is 0 Å². The Hall–Kier alpha value is -2.51. The third-order valence-corrected chi connectivity index (χ3v) is 3.32. The number of carbonyl (C=O) groups is 1. The maximum Gasteiger partial charge on any atom is 0.339 e. The van der Waals surface area contributed by atoms with Crippen molar-refractivity contribution in [3.8, 4) is 0 Å². The molecule has 0 fully saturated rings. The number of anilines is 1. The van der Waals surface area contributed by atoms with E-state index >= 15 is 0 Å². The van der Waals surface area contributed by atoms with Gasteiger partial charge in [-0.05, 0) is 32.0 Å². The Morgan fingerprint density at radius 3 is 2.59 bits per heavy atom. The van der Waals surface area contributed by atoms with Crippen molar-refractivity contribution in [1.82, 2.24) is 0 Å². The first-order valence-electron chi connectivity index (χ1n) is 6.05. The molecule has 0 heterocycles. The van der Waals surface area contributed by atoms with Gasteiger partial charge < -0.3 is 4.74 Å². The van der Waals surface area contributed by atoms with E-state index in [2.05, 4.69) is 19.3 Å². The second-order valence-electron chi connectivity index (χ2n) is 4.23. The Labute approximate surface area is 130 Å². The van der Waals surface area contributed by atoms with E-state index in [4.69, 9.17) is 0 Å². The van der Waals surface area contributed by atoms with Gasteiger partial charge in [-0.15, -0.1) is 0 Å². The van der Waals surface area contributed by atoms with Crippen LogP contribution in [0.15, 0.2) is 33.4 Å². The van der Waals surface area contributed by atoms with Gasteiger partial charge in [0.2, 0.25) is 0 Å². The van der Waals surface area contributed by atoms with Crippen LogP contribution in [-0.2, 0) is 24.9 Å². The number of hydrogen-bond acceptors (Lipinski definition) is 8. The molecule has 0 bridgehead atoms. The topological polar surface area (TPSA) is 97.6 Å². The van der Waals surface area contributed by atoms with Gasteiger partial charge >= 0.3 is 5.97 Å². The largest absolute Gasteiger partial charge is 0.465 e. The lowest BCUT2D eigenvalue weighted by molar-refractivity contribution is 0.0596. The van der Waals surface area contributed by atoms with Crippen LogP contribution >= 0.6 is 0 Å². The molecule has 0 aliphatic rings. The van der Waals surface area contributed by atoms with Gasteiger partial charge in [-0.25, -0.2) is 13.8 Å². The highest BCUT2D eigenvalue weighted by atomic mass is 32.2. The van der Waals surface area contributed by atoms with E-state index in [1.165, 1.54) is 19.2 Å². The number of isocyanates is 1. The molecule has 22 heavy (non-hydrogen) atoms. The number of esters is 1. The van der Waals surface area contributed by atoms with Gasteiger partial charge in [0.05, 0.1) is 23.3 Å². The van der Waals surface area contributed by atoms with Crippen molar-refractivity contribution in [1.29, 1.82) is 0 Å². The predicted octanol–water partition coefficient (Wildman–Crippen LogP) is 1.60. The monoisotopic (exact) mass is 325 g/mol. The van der Waals surface area contributed by atoms with E-state index in [1.807, 2.05) is 13.8 Å². The second-order valence-corrected chi connectivity index (χ2v) is 5.29. The van der Waals surface area contributed by atoms with Crippen molar-refractivity contribution in [2.45, 2.75) is 18.7 Å². The number of nitrogens with zero attached hydrogens (tertiary/aromatic N) is 3. The molecule has 1 unspecified atom stereocenters. The van der Waals surface area contributed by atoms with Crippen LogP contribution in [0.1, 0.15) is 24.2 Å². The minimum Gasteiger partial charge on any atom is -0.465 e. The standard InChI is InChI=1S/C13H15N3O5S/c1-9(2)15-16(3)10-5-6-11(13(18)20-4)12(7-10)22(19)21-14-8-17/h5-7H,1-4H3. The first-order valence-corrected chi connectivity index (χ1v) is 7.12. The fourth-order valence-corrected chi connectivity index (χ4v) is 2.30. The van der Waals surface area contributed by atoms with Crippen molar-refractivity contribution in [3.63, 3.8) is 0 Å². The van der Waals surface area contributed by atoms with Gasteiger partial charge in [-0.3, -0.25) is 9.29 Å². The van der Waals surface area contributed by atoms with Crippen molar-refractivity contribution >= 4 is 34.5 Å². The number of ether oxygens (including phenoxy) is 1. The zero-order valence-corrected chi connectivity index (χ0v) is 13.3. The Morgan fingerprint density at radius 2 is 2.05 bits per heavy atom. The van der Waals surface area contributed by atoms with Crippen LogP contribution < -0.4 is 5.01 Å². The van der Waals surface area contributed by atoms with Gasteiger partial charge in [0.15, 0.2) is 0 Å². The number of benzene rings is 1. The highest BCUT2D eigenvalue weighted by molar-refractivity contribution is 7.80. The maximum atomic E-state index is 12.0. The molecule has 0 aliphatic carbocycles. The molecule has 0 amide bonds. The fourth-order valence-electron chi connectivity index (χ4n) is 1.58. The number of methoxy groups -OCH3 is 1. The fraction of sp³-hybridized carbons (Fsp3) is 0.308. The predicted molar refractivity (Wildman–Crippen MR) is 80.6 cm³/mol. The van der Waals surface area contributed by atoms with E-state index in [9.17, 15) is 13.8 Å². The lowest BCUT2D eigenvalue weighted by atomic mass is 10.2. The highest BCUT2D eigenvalue weighted by Gasteiger charge is 2.20. The van der Waals surface area contributed by atoms with Crippen molar-refractivity contribution < 1.29 is 22.8 Å². The van der Waals surface area contributed by atoms with Crippen LogP contribution in [0.4, 0.5) is 5.69 Å². The lowest BCUT2D eigenvalue weighted by Crippen LogP contribution is -2.13. The van der Waals surface area contributed by atoms with Gasteiger partial charge in [0.1, 0.15) is 0 Å². The number of hydrogen-bond donors (Lipinski definition) is 0. The van der Waals surface area contributed by atoms with Crippen molar-refractivity contribution in [2.24, 2.45) is 10.3 Å². The van der Waals surface area contributed by atoms with Crippen LogP contribution in [0.25, 0.3) is 0 Å². The summed E-state index contributed by atoms with van der Waals surface area (Å²) < 4.78 is 21.1. The van der Waals surface area contributed by atoms with Crippen LogP contribution in [-0.4, -0.2) is 36.1 Å². The van der Waals surface area contributed by atoms with Crippen LogP contribution in [0.3, 0.4) is 0 Å². The first-order chi connectivity index (χ1) is 10.4. The Balaban J connectivity index is 3.33. The van der Waals surface area contributed by atoms with E-state index in [1.54, 1.807) is 18.1 Å². The Bertz CT molecular complexity index is 664. The molecule has 0 saturated carbocycles. The highest BCUT2D eigenvalue weighted by Crippen LogP contribution is 2.23. The quantitative estimate of drug-likeness (QED) is 0.341. The van der Waals surface area contributed by atoms with Crippen molar-refractivity contribution in [3.05, 3.63) is 23.8 Å².